The van der Waals surface area contributed by atoms with E-state index in [1.165, 1.54) is 11.8 Å². The van der Waals surface area contributed by atoms with E-state index in [-0.39, 0.29) is 11.9 Å². The first-order valence-electron chi connectivity index (χ1n) is 11.1. The van der Waals surface area contributed by atoms with Crippen LogP contribution >= 0.6 is 0 Å². The van der Waals surface area contributed by atoms with Crippen LogP contribution in [0.4, 0.5) is 5.69 Å². The zero-order valence-corrected chi connectivity index (χ0v) is 19.3. The van der Waals surface area contributed by atoms with Crippen molar-refractivity contribution < 1.29 is 23.4 Å². The van der Waals surface area contributed by atoms with Crippen molar-refractivity contribution in [1.29, 1.82) is 0 Å². The first-order valence-corrected chi connectivity index (χ1v) is 11.1. The molecule has 4 rings (SSSR count). The van der Waals surface area contributed by atoms with Crippen LogP contribution in [0.3, 0.4) is 0 Å². The number of likely N-dealkylation sites (tertiary alicyclic amines) is 1. The van der Waals surface area contributed by atoms with Crippen LogP contribution in [-0.2, 0) is 6.54 Å². The van der Waals surface area contributed by atoms with Crippen molar-refractivity contribution in [1.82, 2.24) is 4.90 Å². The molecule has 7 nitrogen and oxygen atoms in total. The van der Waals surface area contributed by atoms with Crippen LogP contribution in [0.5, 0.6) is 17.2 Å². The monoisotopic (exact) mass is 450 g/mol. The van der Waals surface area contributed by atoms with Crippen LogP contribution < -0.4 is 19.1 Å². The SMILES string of the molecule is COc1ccc(CN2CCC(N(C(=O)c3ccco3)c3ccc(OC)c(OC)c3)CC2)cc1. The minimum Gasteiger partial charge on any atom is -0.497 e. The second-order valence-electron chi connectivity index (χ2n) is 8.05. The Morgan fingerprint density at radius 1 is 0.970 bits per heavy atom. The van der Waals surface area contributed by atoms with Gasteiger partial charge in [0.2, 0.25) is 0 Å². The fourth-order valence-corrected chi connectivity index (χ4v) is 4.31. The number of amides is 1. The van der Waals surface area contributed by atoms with Crippen molar-refractivity contribution in [2.45, 2.75) is 25.4 Å². The maximum absolute atomic E-state index is 13.4. The van der Waals surface area contributed by atoms with Crippen molar-refractivity contribution in [3.05, 3.63) is 72.2 Å². The number of rotatable bonds is 8. The molecule has 1 aliphatic heterocycles. The Morgan fingerprint density at radius 2 is 1.70 bits per heavy atom. The molecule has 0 radical (unpaired) electrons. The fourth-order valence-electron chi connectivity index (χ4n) is 4.31. The van der Waals surface area contributed by atoms with Crippen molar-refractivity contribution in [2.75, 3.05) is 39.3 Å². The molecule has 0 bridgehead atoms. The smallest absolute Gasteiger partial charge is 0.294 e. The van der Waals surface area contributed by atoms with Gasteiger partial charge in [0.1, 0.15) is 5.75 Å². The zero-order valence-electron chi connectivity index (χ0n) is 19.3. The normalized spacial score (nSPS) is 14.6. The molecule has 0 N–H and O–H groups in total. The van der Waals surface area contributed by atoms with E-state index >= 15 is 0 Å². The van der Waals surface area contributed by atoms with E-state index in [1.807, 2.05) is 35.2 Å². The van der Waals surface area contributed by atoms with Crippen LogP contribution in [0.1, 0.15) is 29.0 Å². The van der Waals surface area contributed by atoms with Gasteiger partial charge in [0, 0.05) is 37.4 Å². The summed E-state index contributed by atoms with van der Waals surface area (Å²) in [5.41, 5.74) is 2.01. The highest BCUT2D eigenvalue weighted by Crippen LogP contribution is 2.34. The third kappa shape index (κ3) is 5.14. The Labute approximate surface area is 194 Å². The van der Waals surface area contributed by atoms with E-state index in [4.69, 9.17) is 18.6 Å². The van der Waals surface area contributed by atoms with E-state index in [0.29, 0.717) is 17.3 Å². The minimum atomic E-state index is -0.152. The highest BCUT2D eigenvalue weighted by molar-refractivity contribution is 6.04. The quantitative estimate of drug-likeness (QED) is 0.499. The number of ether oxygens (including phenoxy) is 3. The van der Waals surface area contributed by atoms with Gasteiger partial charge in [0.15, 0.2) is 17.3 Å². The topological polar surface area (TPSA) is 64.4 Å². The molecule has 7 heteroatoms. The van der Waals surface area contributed by atoms with Crippen LogP contribution in [0.15, 0.2) is 65.3 Å². The fraction of sp³-hybridized carbons (Fsp3) is 0.346. The molecular weight excluding hydrogens is 420 g/mol. The van der Waals surface area contributed by atoms with Gasteiger partial charge in [-0.3, -0.25) is 9.69 Å². The Hall–Kier alpha value is -3.45. The predicted octanol–water partition coefficient (Wildman–Crippen LogP) is 4.62. The number of nitrogens with zero attached hydrogens (tertiary/aromatic N) is 2. The van der Waals surface area contributed by atoms with Gasteiger partial charge in [-0.2, -0.15) is 0 Å². The Morgan fingerprint density at radius 3 is 2.30 bits per heavy atom. The number of methoxy groups -OCH3 is 3. The molecule has 3 aromatic rings. The number of furan rings is 1. The molecule has 0 spiro atoms. The molecule has 1 saturated heterocycles. The Balaban J connectivity index is 1.51. The summed E-state index contributed by atoms with van der Waals surface area (Å²) in [6.07, 6.45) is 3.24. The highest BCUT2D eigenvalue weighted by atomic mass is 16.5. The van der Waals surface area contributed by atoms with Crippen LogP contribution in [0, 0.1) is 0 Å². The van der Waals surface area contributed by atoms with E-state index in [0.717, 1.165) is 43.9 Å². The first-order chi connectivity index (χ1) is 16.1. The van der Waals surface area contributed by atoms with Crippen molar-refractivity contribution in [3.63, 3.8) is 0 Å². The number of benzene rings is 2. The first kappa shape index (κ1) is 22.7. The Kier molecular flexibility index (Phi) is 7.19. The largest absolute Gasteiger partial charge is 0.497 e. The lowest BCUT2D eigenvalue weighted by Gasteiger charge is -2.38. The summed E-state index contributed by atoms with van der Waals surface area (Å²) in [5, 5.41) is 0. The molecule has 1 aromatic heterocycles. The Bertz CT molecular complexity index is 1040. The average molecular weight is 451 g/mol. The van der Waals surface area contributed by atoms with Crippen LogP contribution in [0.25, 0.3) is 0 Å². The van der Waals surface area contributed by atoms with Gasteiger partial charge >= 0.3 is 0 Å². The third-order valence-electron chi connectivity index (χ3n) is 6.08. The van der Waals surface area contributed by atoms with E-state index in [1.54, 1.807) is 33.5 Å². The molecule has 2 aromatic carbocycles. The summed E-state index contributed by atoms with van der Waals surface area (Å²) in [6, 6.07) is 17.2. The lowest BCUT2D eigenvalue weighted by atomic mass is 10.0. The number of piperidine rings is 1. The molecule has 0 aliphatic carbocycles. The summed E-state index contributed by atoms with van der Waals surface area (Å²) < 4.78 is 21.5. The predicted molar refractivity (Wildman–Crippen MR) is 126 cm³/mol. The standard InChI is InChI=1S/C26H30N2O5/c1-30-22-9-6-19(7-10-22)18-27-14-12-20(13-15-27)28(26(29)24-5-4-16-33-24)21-8-11-23(31-2)25(17-21)32-3/h4-11,16-17,20H,12-15,18H2,1-3H3. The molecule has 2 heterocycles. The summed E-state index contributed by atoms with van der Waals surface area (Å²) in [6.45, 7) is 2.66. The number of anilines is 1. The zero-order chi connectivity index (χ0) is 23.2. The molecular formula is C26H30N2O5. The molecule has 1 fully saturated rings. The molecule has 174 valence electrons. The summed E-state index contributed by atoms with van der Waals surface area (Å²) >= 11 is 0. The molecule has 33 heavy (non-hydrogen) atoms. The van der Waals surface area contributed by atoms with Crippen LogP contribution in [0.2, 0.25) is 0 Å². The van der Waals surface area contributed by atoms with E-state index in [9.17, 15) is 4.79 Å². The van der Waals surface area contributed by atoms with Crippen LogP contribution in [-0.4, -0.2) is 51.3 Å². The minimum absolute atomic E-state index is 0.0489. The second kappa shape index (κ2) is 10.4. The van der Waals surface area contributed by atoms with Gasteiger partial charge in [-0.25, -0.2) is 0 Å². The lowest BCUT2D eigenvalue weighted by Crippen LogP contribution is -2.47. The summed E-state index contributed by atoms with van der Waals surface area (Å²) in [7, 11) is 4.87. The number of carbonyl (C=O) groups is 1. The van der Waals surface area contributed by atoms with Gasteiger partial charge in [0.25, 0.3) is 5.91 Å². The molecule has 0 unspecified atom stereocenters. The highest BCUT2D eigenvalue weighted by Gasteiger charge is 2.31. The lowest BCUT2D eigenvalue weighted by molar-refractivity contribution is 0.0931. The van der Waals surface area contributed by atoms with Gasteiger partial charge in [-0.05, 0) is 54.8 Å². The average Bonchev–Trinajstić information content (AvgIpc) is 3.41. The number of hydrogen-bond acceptors (Lipinski definition) is 6. The maximum atomic E-state index is 13.4. The molecule has 1 aliphatic rings. The van der Waals surface area contributed by atoms with Gasteiger partial charge in [0.05, 0.1) is 27.6 Å². The van der Waals surface area contributed by atoms with Gasteiger partial charge in [-0.15, -0.1) is 0 Å². The summed E-state index contributed by atoms with van der Waals surface area (Å²) in [4.78, 5) is 17.7. The molecule has 0 saturated carbocycles. The van der Waals surface area contributed by atoms with Crippen molar-refractivity contribution >= 4 is 11.6 Å². The third-order valence-corrected chi connectivity index (χ3v) is 6.08. The number of hydrogen-bond donors (Lipinski definition) is 0. The van der Waals surface area contributed by atoms with Gasteiger partial charge in [-0.1, -0.05) is 12.1 Å². The van der Waals surface area contributed by atoms with E-state index in [2.05, 4.69) is 17.0 Å². The second-order valence-corrected chi connectivity index (χ2v) is 8.05. The maximum Gasteiger partial charge on any atom is 0.294 e. The summed E-state index contributed by atoms with van der Waals surface area (Å²) in [5.74, 6) is 2.25. The van der Waals surface area contributed by atoms with Crippen molar-refractivity contribution in [3.8, 4) is 17.2 Å². The number of carbonyl (C=O) groups excluding carboxylic acids is 1. The molecule has 0 atom stereocenters. The van der Waals surface area contributed by atoms with Gasteiger partial charge < -0.3 is 23.5 Å². The van der Waals surface area contributed by atoms with Crippen molar-refractivity contribution in [2.24, 2.45) is 0 Å². The molecule has 1 amide bonds. The van der Waals surface area contributed by atoms with E-state index < -0.39 is 0 Å².